The number of hydrogen-bond donors (Lipinski definition) is 0. The molecule has 1 aliphatic heterocycles. The van der Waals surface area contributed by atoms with Crippen molar-refractivity contribution in [3.05, 3.63) is 108 Å². The molecule has 172 valence electrons. The lowest BCUT2D eigenvalue weighted by Gasteiger charge is -2.21. The molecule has 0 bridgehead atoms. The first-order valence-electron chi connectivity index (χ1n) is 11.3. The highest BCUT2D eigenvalue weighted by atomic mass is 35.5. The number of anilines is 1. The third-order valence-electron chi connectivity index (χ3n) is 6.08. The summed E-state index contributed by atoms with van der Waals surface area (Å²) in [6.07, 6.45) is 2.32. The van der Waals surface area contributed by atoms with E-state index < -0.39 is 0 Å². The molecule has 0 fully saturated rings. The molecule has 0 amide bonds. The van der Waals surface area contributed by atoms with Crippen molar-refractivity contribution >= 4 is 34.2 Å². The normalized spacial score (nSPS) is 15.4. The fourth-order valence-corrected chi connectivity index (χ4v) is 4.55. The maximum absolute atomic E-state index is 6.34. The van der Waals surface area contributed by atoms with E-state index in [4.69, 9.17) is 35.8 Å². The van der Waals surface area contributed by atoms with Crippen molar-refractivity contribution < 1.29 is 9.15 Å². The maximum Gasteiger partial charge on any atom is 0.248 e. The molecular formula is C28H21ClN4O2. The number of aromatic nitrogens is 2. The average molecular weight is 481 g/mol. The van der Waals surface area contributed by atoms with Crippen LogP contribution in [0.3, 0.4) is 0 Å². The minimum absolute atomic E-state index is 0.181. The van der Waals surface area contributed by atoms with Crippen LogP contribution in [0.5, 0.6) is 5.75 Å². The van der Waals surface area contributed by atoms with E-state index in [1.807, 2.05) is 89.9 Å². The molecule has 1 aliphatic rings. The Kier molecular flexibility index (Phi) is 5.43. The van der Waals surface area contributed by atoms with Crippen LogP contribution < -0.4 is 9.75 Å². The van der Waals surface area contributed by atoms with E-state index in [9.17, 15) is 0 Å². The first-order valence-corrected chi connectivity index (χ1v) is 11.6. The summed E-state index contributed by atoms with van der Waals surface area (Å²) >= 11 is 6.34. The summed E-state index contributed by atoms with van der Waals surface area (Å²) in [5, 5.41) is 8.36. The predicted molar refractivity (Wildman–Crippen MR) is 138 cm³/mol. The highest BCUT2D eigenvalue weighted by Gasteiger charge is 2.34. The van der Waals surface area contributed by atoms with E-state index in [-0.39, 0.29) is 6.04 Å². The van der Waals surface area contributed by atoms with Gasteiger partial charge in [0.1, 0.15) is 17.6 Å². The van der Waals surface area contributed by atoms with Crippen molar-refractivity contribution in [2.24, 2.45) is 5.10 Å². The highest BCUT2D eigenvalue weighted by Crippen LogP contribution is 2.38. The SMILES string of the molecule is COc1cccc(C2=NN(c3nc(-c4ccccc4)c4cc(Cl)ccc4n3)C(c3ccco3)C2)c1. The fraction of sp³-hybridized carbons (Fsp3) is 0.107. The molecule has 0 saturated carbocycles. The molecule has 3 aromatic carbocycles. The van der Waals surface area contributed by atoms with Gasteiger partial charge in [-0.1, -0.05) is 54.1 Å². The summed E-state index contributed by atoms with van der Waals surface area (Å²) < 4.78 is 11.2. The van der Waals surface area contributed by atoms with Crippen LogP contribution in [0.25, 0.3) is 22.2 Å². The zero-order chi connectivity index (χ0) is 23.8. The number of hydrazone groups is 1. The molecule has 2 aromatic heterocycles. The third kappa shape index (κ3) is 4.02. The van der Waals surface area contributed by atoms with E-state index in [2.05, 4.69) is 0 Å². The number of furan rings is 1. The summed E-state index contributed by atoms with van der Waals surface area (Å²) in [6, 6.07) is 27.3. The zero-order valence-corrected chi connectivity index (χ0v) is 19.7. The standard InChI is InChI=1S/C28H21ClN4O2/c1-34-21-10-5-9-19(15-21)24-17-25(26-11-6-14-35-26)33(32-24)28-30-23-13-12-20(29)16-22(23)27(31-28)18-7-3-2-4-8-18/h2-16,25H,17H2,1H3. The number of hydrogen-bond acceptors (Lipinski definition) is 6. The second-order valence-electron chi connectivity index (χ2n) is 8.26. The molecular weight excluding hydrogens is 460 g/mol. The number of halogens is 1. The third-order valence-corrected chi connectivity index (χ3v) is 6.32. The average Bonchev–Trinajstić information content (AvgIpc) is 3.59. The molecule has 6 rings (SSSR count). The van der Waals surface area contributed by atoms with Crippen molar-refractivity contribution in [1.82, 2.24) is 9.97 Å². The Bertz CT molecular complexity index is 1530. The zero-order valence-electron chi connectivity index (χ0n) is 18.9. The molecule has 6 nitrogen and oxygen atoms in total. The van der Waals surface area contributed by atoms with Gasteiger partial charge in [0, 0.05) is 28.0 Å². The lowest BCUT2D eigenvalue weighted by molar-refractivity contribution is 0.414. The van der Waals surface area contributed by atoms with E-state index >= 15 is 0 Å². The monoisotopic (exact) mass is 480 g/mol. The summed E-state index contributed by atoms with van der Waals surface area (Å²) in [4.78, 5) is 9.89. The Balaban J connectivity index is 1.53. The van der Waals surface area contributed by atoms with Crippen LogP contribution in [-0.4, -0.2) is 22.8 Å². The van der Waals surface area contributed by atoms with Gasteiger partial charge in [-0.2, -0.15) is 5.10 Å². The molecule has 0 N–H and O–H groups in total. The first kappa shape index (κ1) is 21.4. The summed E-state index contributed by atoms with van der Waals surface area (Å²) in [5.74, 6) is 2.08. The number of ether oxygens (including phenoxy) is 1. The molecule has 0 spiro atoms. The lowest BCUT2D eigenvalue weighted by atomic mass is 10.0. The van der Waals surface area contributed by atoms with Gasteiger partial charge in [0.2, 0.25) is 5.95 Å². The van der Waals surface area contributed by atoms with Crippen LogP contribution in [0.1, 0.15) is 23.8 Å². The van der Waals surface area contributed by atoms with Gasteiger partial charge in [-0.15, -0.1) is 0 Å². The largest absolute Gasteiger partial charge is 0.497 e. The summed E-state index contributed by atoms with van der Waals surface area (Å²) in [6.45, 7) is 0. The molecule has 0 radical (unpaired) electrons. The fourth-order valence-electron chi connectivity index (χ4n) is 4.38. The molecule has 5 aromatic rings. The van der Waals surface area contributed by atoms with Crippen molar-refractivity contribution in [1.29, 1.82) is 0 Å². The Labute approximate surface area is 207 Å². The number of benzene rings is 3. The van der Waals surface area contributed by atoms with Gasteiger partial charge in [-0.05, 0) is 42.5 Å². The van der Waals surface area contributed by atoms with Gasteiger partial charge in [0.25, 0.3) is 0 Å². The van der Waals surface area contributed by atoms with E-state index in [0.717, 1.165) is 44.9 Å². The Morgan fingerprint density at radius 2 is 1.77 bits per heavy atom. The van der Waals surface area contributed by atoms with Gasteiger partial charge in [0.15, 0.2) is 0 Å². The quantitative estimate of drug-likeness (QED) is 0.273. The van der Waals surface area contributed by atoms with Gasteiger partial charge in [-0.25, -0.2) is 15.0 Å². The molecule has 35 heavy (non-hydrogen) atoms. The Hall–Kier alpha value is -4.16. The number of rotatable bonds is 5. The van der Waals surface area contributed by atoms with E-state index in [1.54, 1.807) is 13.4 Å². The van der Waals surface area contributed by atoms with Crippen LogP contribution in [-0.2, 0) is 0 Å². The minimum atomic E-state index is -0.181. The van der Waals surface area contributed by atoms with Crippen molar-refractivity contribution in [3.63, 3.8) is 0 Å². The van der Waals surface area contributed by atoms with Crippen LogP contribution >= 0.6 is 11.6 Å². The smallest absolute Gasteiger partial charge is 0.248 e. The van der Waals surface area contributed by atoms with Crippen LogP contribution in [0.15, 0.2) is 101 Å². The predicted octanol–water partition coefficient (Wildman–Crippen LogP) is 6.91. The van der Waals surface area contributed by atoms with Crippen LogP contribution in [0.4, 0.5) is 5.95 Å². The number of fused-ring (bicyclic) bond motifs is 1. The van der Waals surface area contributed by atoms with Crippen LogP contribution in [0.2, 0.25) is 5.02 Å². The van der Waals surface area contributed by atoms with Crippen molar-refractivity contribution in [3.8, 4) is 17.0 Å². The lowest BCUT2D eigenvalue weighted by Crippen LogP contribution is -2.20. The molecule has 0 saturated heterocycles. The van der Waals surface area contributed by atoms with Gasteiger partial charge in [0.05, 0.1) is 30.3 Å². The molecule has 1 atom stereocenters. The summed E-state index contributed by atoms with van der Waals surface area (Å²) in [7, 11) is 1.66. The van der Waals surface area contributed by atoms with Gasteiger partial charge < -0.3 is 9.15 Å². The number of methoxy groups -OCH3 is 1. The van der Waals surface area contributed by atoms with Gasteiger partial charge in [-0.3, -0.25) is 0 Å². The minimum Gasteiger partial charge on any atom is -0.497 e. The maximum atomic E-state index is 6.34. The topological polar surface area (TPSA) is 63.8 Å². The van der Waals surface area contributed by atoms with Gasteiger partial charge >= 0.3 is 0 Å². The Morgan fingerprint density at radius 3 is 2.57 bits per heavy atom. The Morgan fingerprint density at radius 1 is 0.914 bits per heavy atom. The first-order chi connectivity index (χ1) is 17.2. The number of nitrogens with zero attached hydrogens (tertiary/aromatic N) is 4. The molecule has 7 heteroatoms. The second-order valence-corrected chi connectivity index (χ2v) is 8.69. The summed E-state index contributed by atoms with van der Waals surface area (Å²) in [5.41, 5.74) is 4.47. The van der Waals surface area contributed by atoms with E-state index in [0.29, 0.717) is 17.4 Å². The molecule has 1 unspecified atom stereocenters. The van der Waals surface area contributed by atoms with Crippen molar-refractivity contribution in [2.75, 3.05) is 12.1 Å². The second kappa shape index (κ2) is 8.89. The van der Waals surface area contributed by atoms with Crippen LogP contribution in [0, 0.1) is 0 Å². The van der Waals surface area contributed by atoms with Crippen molar-refractivity contribution in [2.45, 2.75) is 12.5 Å². The molecule has 0 aliphatic carbocycles. The molecule has 3 heterocycles. The van der Waals surface area contributed by atoms with E-state index in [1.165, 1.54) is 0 Å². The highest BCUT2D eigenvalue weighted by molar-refractivity contribution is 6.31.